The van der Waals surface area contributed by atoms with E-state index >= 15 is 0 Å². The number of nitrogens with zero attached hydrogens (tertiary/aromatic N) is 5. The highest BCUT2D eigenvalue weighted by molar-refractivity contribution is 5.95. The molecule has 0 radical (unpaired) electrons. The molecule has 0 saturated heterocycles. The molecule has 24 heavy (non-hydrogen) atoms. The molecule has 0 aliphatic carbocycles. The van der Waals surface area contributed by atoms with Crippen molar-refractivity contribution in [3.63, 3.8) is 0 Å². The van der Waals surface area contributed by atoms with Crippen molar-refractivity contribution in [3.05, 3.63) is 54.4 Å². The second-order valence-electron chi connectivity index (χ2n) is 5.37. The second kappa shape index (κ2) is 5.12. The van der Waals surface area contributed by atoms with Crippen LogP contribution in [0.25, 0.3) is 16.7 Å². The summed E-state index contributed by atoms with van der Waals surface area (Å²) in [7, 11) is 1.72. The minimum Gasteiger partial charge on any atom is -0.396 e. The largest absolute Gasteiger partial charge is 0.396 e. The number of halogens is 2. The van der Waals surface area contributed by atoms with Crippen molar-refractivity contribution < 1.29 is 8.78 Å². The molecule has 0 atom stereocenters. The molecule has 0 amide bonds. The maximum atomic E-state index is 14.0. The second-order valence-corrected chi connectivity index (χ2v) is 5.37. The first-order valence-electron chi connectivity index (χ1n) is 7.12. The smallest absolute Gasteiger partial charge is 0.257 e. The van der Waals surface area contributed by atoms with Gasteiger partial charge in [0.25, 0.3) is 5.78 Å². The fourth-order valence-corrected chi connectivity index (χ4v) is 2.65. The topological polar surface area (TPSA) is 72.3 Å². The average Bonchev–Trinajstić information content (AvgIpc) is 3.03. The van der Waals surface area contributed by atoms with Gasteiger partial charge >= 0.3 is 0 Å². The van der Waals surface area contributed by atoms with Gasteiger partial charge in [0.15, 0.2) is 0 Å². The Morgan fingerprint density at radius 3 is 2.79 bits per heavy atom. The standard InChI is InChI=1S/C16H12F2N6/c1-23(10-4-2-3-9(17)5-10)15-11-6-12(18)13(19)7-14(11)24-8-20-22-16(24)21-15/h2-8H,19H2,1H3. The number of hydrogen-bond acceptors (Lipinski definition) is 5. The number of nitrogens with two attached hydrogens (primary N) is 1. The number of anilines is 3. The van der Waals surface area contributed by atoms with Gasteiger partial charge in [-0.1, -0.05) is 6.07 Å². The molecular formula is C16H12F2N6. The van der Waals surface area contributed by atoms with Gasteiger partial charge in [0.2, 0.25) is 0 Å². The molecule has 0 saturated carbocycles. The quantitative estimate of drug-likeness (QED) is 0.574. The van der Waals surface area contributed by atoms with Crippen LogP contribution in [-0.4, -0.2) is 26.6 Å². The summed E-state index contributed by atoms with van der Waals surface area (Å²) in [5, 5.41) is 8.28. The van der Waals surface area contributed by atoms with Gasteiger partial charge in [-0.2, -0.15) is 4.98 Å². The molecule has 6 nitrogen and oxygen atoms in total. The molecule has 2 aromatic heterocycles. The summed E-state index contributed by atoms with van der Waals surface area (Å²) in [6.07, 6.45) is 1.48. The highest BCUT2D eigenvalue weighted by Gasteiger charge is 2.16. The number of hydrogen-bond donors (Lipinski definition) is 1. The number of nitrogen functional groups attached to an aromatic ring is 1. The van der Waals surface area contributed by atoms with Crippen LogP contribution in [0, 0.1) is 11.6 Å². The summed E-state index contributed by atoms with van der Waals surface area (Å²) in [5.74, 6) is -0.157. The van der Waals surface area contributed by atoms with Gasteiger partial charge in [-0.15, -0.1) is 10.2 Å². The van der Waals surface area contributed by atoms with Crippen molar-refractivity contribution in [2.75, 3.05) is 17.7 Å². The Labute approximate surface area is 135 Å². The molecule has 2 heterocycles. The Hall–Kier alpha value is -3.29. The molecule has 0 spiro atoms. The van der Waals surface area contributed by atoms with Crippen LogP contribution >= 0.6 is 0 Å². The Morgan fingerprint density at radius 2 is 2.00 bits per heavy atom. The van der Waals surface area contributed by atoms with Crippen LogP contribution in [0.1, 0.15) is 0 Å². The summed E-state index contributed by atoms with van der Waals surface area (Å²) in [6.45, 7) is 0. The van der Waals surface area contributed by atoms with Gasteiger partial charge in [-0.3, -0.25) is 4.40 Å². The summed E-state index contributed by atoms with van der Waals surface area (Å²) < 4.78 is 29.2. The molecular weight excluding hydrogens is 314 g/mol. The maximum absolute atomic E-state index is 14.0. The number of rotatable bonds is 2. The molecule has 2 N–H and O–H groups in total. The fourth-order valence-electron chi connectivity index (χ4n) is 2.65. The number of fused-ring (bicyclic) bond motifs is 3. The SMILES string of the molecule is CN(c1cccc(F)c1)c1nc2nncn2c2cc(N)c(F)cc12. The summed E-state index contributed by atoms with van der Waals surface area (Å²) >= 11 is 0. The lowest BCUT2D eigenvalue weighted by atomic mass is 10.2. The first kappa shape index (κ1) is 14.3. The van der Waals surface area contributed by atoms with Gasteiger partial charge in [0.1, 0.15) is 23.8 Å². The molecule has 120 valence electrons. The van der Waals surface area contributed by atoms with Crippen LogP contribution < -0.4 is 10.6 Å². The zero-order valence-corrected chi connectivity index (χ0v) is 12.6. The summed E-state index contributed by atoms with van der Waals surface area (Å²) in [6, 6.07) is 8.86. The van der Waals surface area contributed by atoms with Crippen LogP contribution in [-0.2, 0) is 0 Å². The molecule has 8 heteroatoms. The molecule has 4 aromatic rings. The van der Waals surface area contributed by atoms with Gasteiger partial charge in [0.05, 0.1) is 11.2 Å². The van der Waals surface area contributed by atoms with E-state index in [0.717, 1.165) is 0 Å². The zero-order chi connectivity index (χ0) is 16.8. The van der Waals surface area contributed by atoms with E-state index in [1.54, 1.807) is 28.5 Å². The maximum Gasteiger partial charge on any atom is 0.257 e. The highest BCUT2D eigenvalue weighted by atomic mass is 19.1. The lowest BCUT2D eigenvalue weighted by molar-refractivity contribution is 0.628. The van der Waals surface area contributed by atoms with Gasteiger partial charge < -0.3 is 10.6 Å². The first-order chi connectivity index (χ1) is 11.5. The Balaban J connectivity index is 2.04. The van der Waals surface area contributed by atoms with Gasteiger partial charge in [-0.05, 0) is 30.3 Å². The van der Waals surface area contributed by atoms with Crippen LogP contribution in [0.15, 0.2) is 42.7 Å². The van der Waals surface area contributed by atoms with Crippen molar-refractivity contribution in [2.45, 2.75) is 0 Å². The van der Waals surface area contributed by atoms with E-state index in [9.17, 15) is 8.78 Å². The monoisotopic (exact) mass is 326 g/mol. The number of benzene rings is 2. The predicted octanol–water partition coefficient (Wildman–Crippen LogP) is 2.91. The average molecular weight is 326 g/mol. The van der Waals surface area contributed by atoms with Gasteiger partial charge in [-0.25, -0.2) is 8.78 Å². The van der Waals surface area contributed by atoms with Crippen LogP contribution in [0.5, 0.6) is 0 Å². The van der Waals surface area contributed by atoms with E-state index in [-0.39, 0.29) is 11.5 Å². The number of aromatic nitrogens is 4. The van der Waals surface area contributed by atoms with Crippen molar-refractivity contribution in [3.8, 4) is 0 Å². The first-order valence-corrected chi connectivity index (χ1v) is 7.12. The van der Waals surface area contributed by atoms with E-state index in [4.69, 9.17) is 5.73 Å². The zero-order valence-electron chi connectivity index (χ0n) is 12.6. The van der Waals surface area contributed by atoms with Crippen LogP contribution in [0.3, 0.4) is 0 Å². The van der Waals surface area contributed by atoms with E-state index < -0.39 is 5.82 Å². The minimum absolute atomic E-state index is 0.0167. The Bertz CT molecular complexity index is 1070. The third-order valence-electron chi connectivity index (χ3n) is 3.86. The van der Waals surface area contributed by atoms with Crippen molar-refractivity contribution >= 4 is 33.9 Å². The van der Waals surface area contributed by atoms with E-state index in [0.29, 0.717) is 28.2 Å². The Morgan fingerprint density at radius 1 is 1.17 bits per heavy atom. The van der Waals surface area contributed by atoms with E-state index in [1.807, 2.05) is 0 Å². The summed E-state index contributed by atoms with van der Waals surface area (Å²) in [4.78, 5) is 6.09. The molecule has 0 bridgehead atoms. The fraction of sp³-hybridized carbons (Fsp3) is 0.0625. The van der Waals surface area contributed by atoms with Gasteiger partial charge in [0, 0.05) is 18.1 Å². The molecule has 2 aromatic carbocycles. The van der Waals surface area contributed by atoms with Crippen molar-refractivity contribution in [2.24, 2.45) is 0 Å². The summed E-state index contributed by atoms with van der Waals surface area (Å²) in [5.41, 5.74) is 6.89. The molecule has 4 rings (SSSR count). The van der Waals surface area contributed by atoms with E-state index in [1.165, 1.54) is 30.6 Å². The third kappa shape index (κ3) is 2.11. The minimum atomic E-state index is -0.550. The molecule has 0 aliphatic heterocycles. The predicted molar refractivity (Wildman–Crippen MR) is 87.1 cm³/mol. The lowest BCUT2D eigenvalue weighted by Gasteiger charge is -2.20. The molecule has 0 unspecified atom stereocenters. The van der Waals surface area contributed by atoms with Crippen LogP contribution in [0.2, 0.25) is 0 Å². The Kier molecular flexibility index (Phi) is 3.05. The normalized spacial score (nSPS) is 11.3. The molecule has 0 aliphatic rings. The third-order valence-corrected chi connectivity index (χ3v) is 3.86. The van der Waals surface area contributed by atoms with Crippen molar-refractivity contribution in [1.29, 1.82) is 0 Å². The van der Waals surface area contributed by atoms with Crippen LogP contribution in [0.4, 0.5) is 26.0 Å². The lowest BCUT2D eigenvalue weighted by Crippen LogP contribution is -2.13. The highest BCUT2D eigenvalue weighted by Crippen LogP contribution is 2.32. The van der Waals surface area contributed by atoms with E-state index in [2.05, 4.69) is 15.2 Å². The molecule has 0 fully saturated rings. The van der Waals surface area contributed by atoms with Crippen molar-refractivity contribution in [1.82, 2.24) is 19.6 Å².